The van der Waals surface area contributed by atoms with Gasteiger partial charge in [0, 0.05) is 16.7 Å². The number of benzene rings is 1. The van der Waals surface area contributed by atoms with Crippen molar-refractivity contribution in [3.05, 3.63) is 28.8 Å². The third kappa shape index (κ3) is 3.18. The highest BCUT2D eigenvalue weighted by Crippen LogP contribution is 2.40. The molecule has 1 N–H and O–H groups in total. The molecule has 0 amide bonds. The highest BCUT2D eigenvalue weighted by Gasteiger charge is 2.27. The van der Waals surface area contributed by atoms with Gasteiger partial charge < -0.3 is 5.11 Å². The summed E-state index contributed by atoms with van der Waals surface area (Å²) in [5.74, 6) is 0.855. The van der Waals surface area contributed by atoms with Gasteiger partial charge in [-0.05, 0) is 35.2 Å². The van der Waals surface area contributed by atoms with Gasteiger partial charge in [0.2, 0.25) is 5.11 Å². The van der Waals surface area contributed by atoms with Crippen molar-refractivity contribution in [2.45, 2.75) is 52.4 Å². The zero-order valence-corrected chi connectivity index (χ0v) is 14.2. The van der Waals surface area contributed by atoms with E-state index in [1.54, 1.807) is 0 Å². The average Bonchev–Trinajstić information content (AvgIpc) is 2.73. The molecule has 1 aromatic rings. The molecule has 0 unspecified atom stereocenters. The summed E-state index contributed by atoms with van der Waals surface area (Å²) in [5, 5.41) is 18.7. The van der Waals surface area contributed by atoms with Crippen molar-refractivity contribution >= 4 is 23.2 Å². The molecule has 0 bridgehead atoms. The van der Waals surface area contributed by atoms with E-state index in [0.29, 0.717) is 11.6 Å². The van der Waals surface area contributed by atoms with Gasteiger partial charge >= 0.3 is 0 Å². The normalized spacial score (nSPS) is 15.5. The first kappa shape index (κ1) is 15.8. The van der Waals surface area contributed by atoms with Gasteiger partial charge in [0.15, 0.2) is 5.84 Å². The van der Waals surface area contributed by atoms with Gasteiger partial charge in [-0.15, -0.1) is 10.2 Å². The zero-order valence-electron chi connectivity index (χ0n) is 13.4. The summed E-state index contributed by atoms with van der Waals surface area (Å²) in [6, 6.07) is 3.85. The minimum Gasteiger partial charge on any atom is -0.507 e. The van der Waals surface area contributed by atoms with Crippen LogP contribution < -0.4 is 0 Å². The van der Waals surface area contributed by atoms with E-state index in [1.165, 1.54) is 0 Å². The van der Waals surface area contributed by atoms with Crippen LogP contribution in [0.1, 0.15) is 58.2 Å². The van der Waals surface area contributed by atoms with E-state index in [9.17, 15) is 5.11 Å². The first-order chi connectivity index (χ1) is 9.50. The number of hydrogen-bond acceptors (Lipinski definition) is 3. The monoisotopic (exact) mass is 303 g/mol. The molecule has 1 aliphatic rings. The number of hydrogen-bond donors (Lipinski definition) is 1. The Kier molecular flexibility index (Phi) is 3.74. The molecule has 1 aliphatic heterocycles. The number of rotatable bonds is 1. The number of amidine groups is 1. The first-order valence-electron chi connectivity index (χ1n) is 6.93. The molecule has 0 saturated heterocycles. The molecule has 0 radical (unpaired) electrons. The molecule has 4 nitrogen and oxygen atoms in total. The number of azo groups is 1. The standard InChI is InChI=1S/C16H21N3OS/c1-15(2,3)10-7-9(13-17-14(21)19-18-13)8-11(12(10)20)16(4,5)6/h7-8,20H,1-6H3. The third-order valence-electron chi connectivity index (χ3n) is 3.42. The summed E-state index contributed by atoms with van der Waals surface area (Å²) in [6.45, 7) is 12.4. The second-order valence-electron chi connectivity index (χ2n) is 7.34. The summed E-state index contributed by atoms with van der Waals surface area (Å²) in [5.41, 5.74) is 2.22. The predicted octanol–water partition coefficient (Wildman–Crippen LogP) is 4.48. The highest BCUT2D eigenvalue weighted by molar-refractivity contribution is 7.80. The largest absolute Gasteiger partial charge is 0.507 e. The lowest BCUT2D eigenvalue weighted by atomic mass is 9.78. The molecule has 112 valence electrons. The lowest BCUT2D eigenvalue weighted by Gasteiger charge is -2.28. The summed E-state index contributed by atoms with van der Waals surface area (Å²) in [7, 11) is 0. The Morgan fingerprint density at radius 1 is 0.905 bits per heavy atom. The molecular formula is C16H21N3OS. The smallest absolute Gasteiger partial charge is 0.242 e. The second kappa shape index (κ2) is 4.98. The van der Waals surface area contributed by atoms with Gasteiger partial charge in [0.05, 0.1) is 0 Å². The molecule has 1 aromatic carbocycles. The maximum Gasteiger partial charge on any atom is 0.242 e. The van der Waals surface area contributed by atoms with Crippen LogP contribution in [0, 0.1) is 0 Å². The summed E-state index contributed by atoms with van der Waals surface area (Å²) >= 11 is 4.94. The van der Waals surface area contributed by atoms with Crippen LogP contribution >= 0.6 is 12.2 Å². The van der Waals surface area contributed by atoms with Crippen LogP contribution in [0.25, 0.3) is 0 Å². The van der Waals surface area contributed by atoms with Crippen molar-refractivity contribution < 1.29 is 5.11 Å². The molecule has 5 heteroatoms. The zero-order chi connectivity index (χ0) is 16.0. The van der Waals surface area contributed by atoms with Crippen molar-refractivity contribution in [2.24, 2.45) is 15.2 Å². The van der Waals surface area contributed by atoms with Crippen LogP contribution in [0.4, 0.5) is 0 Å². The number of aromatic hydroxyl groups is 1. The lowest BCUT2D eigenvalue weighted by molar-refractivity contribution is 0.423. The SMILES string of the molecule is CC(C)(C)c1cc(C2=NC(=S)N=N2)cc(C(C)(C)C)c1O. The van der Waals surface area contributed by atoms with E-state index >= 15 is 0 Å². The van der Waals surface area contributed by atoms with Gasteiger partial charge in [-0.1, -0.05) is 41.5 Å². The van der Waals surface area contributed by atoms with Gasteiger partial charge in [0.1, 0.15) is 5.75 Å². The Bertz CT molecular complexity index is 626. The molecule has 21 heavy (non-hydrogen) atoms. The van der Waals surface area contributed by atoms with E-state index in [0.717, 1.165) is 16.7 Å². The van der Waals surface area contributed by atoms with E-state index < -0.39 is 0 Å². The van der Waals surface area contributed by atoms with Crippen LogP contribution in [0.15, 0.2) is 27.4 Å². The molecule has 0 spiro atoms. The van der Waals surface area contributed by atoms with E-state index in [2.05, 4.69) is 56.8 Å². The highest BCUT2D eigenvalue weighted by atomic mass is 32.1. The Morgan fingerprint density at radius 2 is 1.38 bits per heavy atom. The molecule has 1 heterocycles. The van der Waals surface area contributed by atoms with E-state index in [4.69, 9.17) is 12.2 Å². The minimum atomic E-state index is -0.184. The second-order valence-corrected chi connectivity index (χ2v) is 7.70. The number of aliphatic imine (C=N–C) groups is 1. The number of phenols is 1. The lowest BCUT2D eigenvalue weighted by Crippen LogP contribution is -2.18. The number of nitrogens with zero attached hydrogens (tertiary/aromatic N) is 3. The fourth-order valence-electron chi connectivity index (χ4n) is 2.25. The number of thiocarbonyl (C=S) groups is 1. The molecule has 0 fully saturated rings. The fraction of sp³-hybridized carbons (Fsp3) is 0.500. The molecule has 0 aromatic heterocycles. The molecular weight excluding hydrogens is 282 g/mol. The first-order valence-corrected chi connectivity index (χ1v) is 7.34. The third-order valence-corrected chi connectivity index (χ3v) is 3.59. The van der Waals surface area contributed by atoms with E-state index in [-0.39, 0.29) is 15.9 Å². The Hall–Kier alpha value is -1.62. The van der Waals surface area contributed by atoms with Crippen LogP contribution in [-0.2, 0) is 10.8 Å². The minimum absolute atomic E-state index is 0.184. The average molecular weight is 303 g/mol. The summed E-state index contributed by atoms with van der Waals surface area (Å²) < 4.78 is 0. The molecule has 0 atom stereocenters. The molecule has 0 saturated carbocycles. The van der Waals surface area contributed by atoms with Crippen molar-refractivity contribution in [1.82, 2.24) is 0 Å². The topological polar surface area (TPSA) is 57.3 Å². The van der Waals surface area contributed by atoms with Crippen molar-refractivity contribution in [1.29, 1.82) is 0 Å². The van der Waals surface area contributed by atoms with Crippen LogP contribution in [0.3, 0.4) is 0 Å². The fourth-order valence-corrected chi connectivity index (χ4v) is 2.38. The maximum atomic E-state index is 10.7. The molecule has 0 aliphatic carbocycles. The van der Waals surface area contributed by atoms with Crippen molar-refractivity contribution in [3.8, 4) is 5.75 Å². The Labute approximate surface area is 131 Å². The van der Waals surface area contributed by atoms with Gasteiger partial charge in [-0.2, -0.15) is 4.99 Å². The number of phenolic OH excluding ortho intramolecular Hbond substituents is 1. The van der Waals surface area contributed by atoms with Crippen LogP contribution in [-0.4, -0.2) is 16.1 Å². The maximum absolute atomic E-state index is 10.7. The van der Waals surface area contributed by atoms with Crippen LogP contribution in [0.2, 0.25) is 0 Å². The Balaban J connectivity index is 2.72. The quantitative estimate of drug-likeness (QED) is 0.777. The van der Waals surface area contributed by atoms with Crippen LogP contribution in [0.5, 0.6) is 5.75 Å². The van der Waals surface area contributed by atoms with Gasteiger partial charge in [-0.25, -0.2) is 0 Å². The Morgan fingerprint density at radius 3 is 1.71 bits per heavy atom. The van der Waals surface area contributed by atoms with Gasteiger partial charge in [0.25, 0.3) is 0 Å². The van der Waals surface area contributed by atoms with Crippen molar-refractivity contribution in [2.75, 3.05) is 0 Å². The van der Waals surface area contributed by atoms with E-state index in [1.807, 2.05) is 12.1 Å². The molecule has 2 rings (SSSR count). The predicted molar refractivity (Wildman–Crippen MR) is 89.5 cm³/mol. The summed E-state index contributed by atoms with van der Waals surface area (Å²) in [6.07, 6.45) is 0. The van der Waals surface area contributed by atoms with Gasteiger partial charge in [-0.3, -0.25) is 0 Å². The van der Waals surface area contributed by atoms with Crippen molar-refractivity contribution in [3.63, 3.8) is 0 Å². The summed E-state index contributed by atoms with van der Waals surface area (Å²) in [4.78, 5) is 4.17.